The Hall–Kier alpha value is -0.800. The minimum atomic E-state index is -4.27. The van der Waals surface area contributed by atoms with Crippen molar-refractivity contribution in [2.45, 2.75) is 19.5 Å². The molecule has 64 valence electrons. The summed E-state index contributed by atoms with van der Waals surface area (Å²) in [5.41, 5.74) is -0.678. The van der Waals surface area contributed by atoms with Crippen molar-refractivity contribution in [2.75, 3.05) is 7.05 Å². The van der Waals surface area contributed by atoms with Gasteiger partial charge in [-0.3, -0.25) is 4.99 Å². The van der Waals surface area contributed by atoms with Gasteiger partial charge in [-0.25, -0.2) is 0 Å². The van der Waals surface area contributed by atoms with Crippen LogP contribution in [-0.2, 0) is 0 Å². The van der Waals surface area contributed by atoms with Gasteiger partial charge in [0.05, 0.1) is 5.57 Å². The fourth-order valence-corrected chi connectivity index (χ4v) is 0.601. The predicted molar refractivity (Wildman–Crippen MR) is 38.8 cm³/mol. The quantitative estimate of drug-likeness (QED) is 0.557. The second-order valence-electron chi connectivity index (χ2n) is 1.95. The van der Waals surface area contributed by atoms with Gasteiger partial charge in [-0.05, 0) is 6.42 Å². The highest BCUT2D eigenvalue weighted by atomic mass is 19.4. The SMILES string of the molecule is CC/C=C(\C=NC)C(F)(F)F. The zero-order valence-corrected chi connectivity index (χ0v) is 6.44. The molecule has 0 saturated heterocycles. The van der Waals surface area contributed by atoms with E-state index < -0.39 is 11.7 Å². The second-order valence-corrected chi connectivity index (χ2v) is 1.95. The Labute approximate surface area is 63.6 Å². The van der Waals surface area contributed by atoms with E-state index in [1.165, 1.54) is 7.05 Å². The smallest absolute Gasteiger partial charge is 0.296 e. The third-order valence-corrected chi connectivity index (χ3v) is 1.02. The van der Waals surface area contributed by atoms with Gasteiger partial charge in [0.25, 0.3) is 0 Å². The maximum absolute atomic E-state index is 11.9. The molecule has 0 bridgehead atoms. The highest BCUT2D eigenvalue weighted by molar-refractivity contribution is 5.79. The van der Waals surface area contributed by atoms with Crippen molar-refractivity contribution in [3.05, 3.63) is 11.6 Å². The number of aliphatic imine (C=N–C) groups is 1. The van der Waals surface area contributed by atoms with E-state index in [0.717, 1.165) is 12.3 Å². The third-order valence-electron chi connectivity index (χ3n) is 1.02. The van der Waals surface area contributed by atoms with Crippen molar-refractivity contribution >= 4 is 6.21 Å². The number of allylic oxidation sites excluding steroid dienone is 2. The molecular weight excluding hydrogens is 155 g/mol. The van der Waals surface area contributed by atoms with Crippen LogP contribution >= 0.6 is 0 Å². The molecule has 0 radical (unpaired) electrons. The molecule has 0 unspecified atom stereocenters. The molecule has 0 N–H and O–H groups in total. The molecule has 1 nitrogen and oxygen atoms in total. The van der Waals surface area contributed by atoms with Crippen LogP contribution in [-0.4, -0.2) is 19.4 Å². The normalized spacial score (nSPS) is 14.5. The Morgan fingerprint density at radius 3 is 2.27 bits per heavy atom. The van der Waals surface area contributed by atoms with E-state index in [9.17, 15) is 13.2 Å². The van der Waals surface area contributed by atoms with Crippen LogP contribution < -0.4 is 0 Å². The lowest BCUT2D eigenvalue weighted by Gasteiger charge is -2.05. The topological polar surface area (TPSA) is 12.4 Å². The Kier molecular flexibility index (Phi) is 3.85. The van der Waals surface area contributed by atoms with E-state index >= 15 is 0 Å². The van der Waals surface area contributed by atoms with E-state index in [1.54, 1.807) is 6.92 Å². The summed E-state index contributed by atoms with van der Waals surface area (Å²) in [5.74, 6) is 0. The number of hydrogen-bond donors (Lipinski definition) is 0. The van der Waals surface area contributed by atoms with E-state index in [-0.39, 0.29) is 0 Å². The Morgan fingerprint density at radius 2 is 2.00 bits per heavy atom. The van der Waals surface area contributed by atoms with Crippen LogP contribution in [0, 0.1) is 0 Å². The molecule has 4 heteroatoms. The molecule has 0 aromatic rings. The highest BCUT2D eigenvalue weighted by Crippen LogP contribution is 2.24. The van der Waals surface area contributed by atoms with Crippen LogP contribution in [0.4, 0.5) is 13.2 Å². The lowest BCUT2D eigenvalue weighted by atomic mass is 10.2. The first-order chi connectivity index (χ1) is 5.02. The molecule has 0 aromatic carbocycles. The van der Waals surface area contributed by atoms with Gasteiger partial charge in [-0.1, -0.05) is 13.0 Å². The minimum Gasteiger partial charge on any atom is -0.296 e. The van der Waals surface area contributed by atoms with Crippen LogP contribution in [0.5, 0.6) is 0 Å². The zero-order chi connectivity index (χ0) is 8.91. The van der Waals surface area contributed by atoms with E-state index in [4.69, 9.17) is 0 Å². The van der Waals surface area contributed by atoms with E-state index in [0.29, 0.717) is 6.42 Å². The molecule has 0 saturated carbocycles. The van der Waals surface area contributed by atoms with Crippen molar-refractivity contribution in [1.29, 1.82) is 0 Å². The molecular formula is C7H10F3N. The van der Waals surface area contributed by atoms with Gasteiger partial charge in [0, 0.05) is 13.3 Å². The molecule has 0 atom stereocenters. The number of hydrogen-bond acceptors (Lipinski definition) is 1. The van der Waals surface area contributed by atoms with Crippen LogP contribution in [0.3, 0.4) is 0 Å². The zero-order valence-electron chi connectivity index (χ0n) is 6.44. The van der Waals surface area contributed by atoms with Gasteiger partial charge in [0.2, 0.25) is 0 Å². The maximum atomic E-state index is 11.9. The van der Waals surface area contributed by atoms with Crippen LogP contribution in [0.15, 0.2) is 16.6 Å². The molecule has 0 aliphatic carbocycles. The van der Waals surface area contributed by atoms with Gasteiger partial charge in [-0.2, -0.15) is 13.2 Å². The summed E-state index contributed by atoms with van der Waals surface area (Å²) in [4.78, 5) is 3.31. The fraction of sp³-hybridized carbons (Fsp3) is 0.571. The summed E-state index contributed by atoms with van der Waals surface area (Å²) in [5, 5.41) is 0. The van der Waals surface area contributed by atoms with Gasteiger partial charge >= 0.3 is 6.18 Å². The van der Waals surface area contributed by atoms with Gasteiger partial charge in [0.15, 0.2) is 0 Å². The minimum absolute atomic E-state index is 0.362. The van der Waals surface area contributed by atoms with Crippen molar-refractivity contribution < 1.29 is 13.2 Å². The summed E-state index contributed by atoms with van der Waals surface area (Å²) in [6.07, 6.45) is -1.98. The molecule has 0 rings (SSSR count). The average Bonchev–Trinajstić information content (AvgIpc) is 1.85. The summed E-state index contributed by atoms with van der Waals surface area (Å²) in [6.45, 7) is 1.65. The lowest BCUT2D eigenvalue weighted by molar-refractivity contribution is -0.0858. The number of rotatable bonds is 2. The molecule has 0 spiro atoms. The average molecular weight is 165 g/mol. The van der Waals surface area contributed by atoms with E-state index in [2.05, 4.69) is 4.99 Å². The molecule has 0 heterocycles. The first-order valence-electron chi connectivity index (χ1n) is 3.22. The Balaban J connectivity index is 4.48. The fourth-order valence-electron chi connectivity index (χ4n) is 0.601. The first kappa shape index (κ1) is 10.2. The highest BCUT2D eigenvalue weighted by Gasteiger charge is 2.31. The largest absolute Gasteiger partial charge is 0.417 e. The summed E-state index contributed by atoms with van der Waals surface area (Å²) in [7, 11) is 1.31. The number of alkyl halides is 3. The summed E-state index contributed by atoms with van der Waals surface area (Å²) < 4.78 is 35.8. The molecule has 0 fully saturated rings. The van der Waals surface area contributed by atoms with Crippen molar-refractivity contribution in [2.24, 2.45) is 4.99 Å². The van der Waals surface area contributed by atoms with Gasteiger partial charge in [0.1, 0.15) is 0 Å². The molecule has 0 aromatic heterocycles. The molecule has 0 amide bonds. The van der Waals surface area contributed by atoms with Crippen molar-refractivity contribution in [1.82, 2.24) is 0 Å². The number of nitrogens with zero attached hydrogens (tertiary/aromatic N) is 1. The Bertz CT molecular complexity index is 167. The van der Waals surface area contributed by atoms with Crippen molar-refractivity contribution in [3.8, 4) is 0 Å². The Morgan fingerprint density at radius 1 is 1.45 bits per heavy atom. The van der Waals surface area contributed by atoms with Crippen LogP contribution in [0.25, 0.3) is 0 Å². The standard InChI is InChI=1S/C7H10F3N/c1-3-4-6(5-11-2)7(8,9)10/h4-5H,3H2,1-2H3/b6-4+,11-5?. The first-order valence-corrected chi connectivity index (χ1v) is 3.22. The second kappa shape index (κ2) is 4.16. The van der Waals surface area contributed by atoms with Crippen LogP contribution in [0.2, 0.25) is 0 Å². The summed E-state index contributed by atoms with van der Waals surface area (Å²) in [6, 6.07) is 0. The monoisotopic (exact) mass is 165 g/mol. The predicted octanol–water partition coefficient (Wildman–Crippen LogP) is 2.59. The van der Waals surface area contributed by atoms with Crippen LogP contribution in [0.1, 0.15) is 13.3 Å². The maximum Gasteiger partial charge on any atom is 0.417 e. The molecule has 0 aliphatic rings. The van der Waals surface area contributed by atoms with E-state index in [1.807, 2.05) is 0 Å². The van der Waals surface area contributed by atoms with Crippen molar-refractivity contribution in [3.63, 3.8) is 0 Å². The van der Waals surface area contributed by atoms with Gasteiger partial charge in [-0.15, -0.1) is 0 Å². The third kappa shape index (κ3) is 3.80. The van der Waals surface area contributed by atoms with Gasteiger partial charge < -0.3 is 0 Å². The molecule has 0 aliphatic heterocycles. The summed E-state index contributed by atoms with van der Waals surface area (Å²) >= 11 is 0. The molecule has 11 heavy (non-hydrogen) atoms. The lowest BCUT2D eigenvalue weighted by Crippen LogP contribution is -2.12. The number of halogens is 3.